The van der Waals surface area contributed by atoms with E-state index in [0.29, 0.717) is 0 Å². The molecule has 0 saturated heterocycles. The molecule has 0 fully saturated rings. The average Bonchev–Trinajstić information content (AvgIpc) is 2.52. The van der Waals surface area contributed by atoms with Gasteiger partial charge in [0.2, 0.25) is 0 Å². The van der Waals surface area contributed by atoms with Crippen molar-refractivity contribution >= 4 is 44.3 Å². The SMILES string of the molecule is COc1ccc(Br)cc1/C=N\N=C/c1cc(Br)ccc1OC. The molecule has 0 unspecified atom stereocenters. The first-order valence-electron chi connectivity index (χ1n) is 6.37. The molecule has 2 rings (SSSR count). The zero-order chi connectivity index (χ0) is 15.9. The lowest BCUT2D eigenvalue weighted by Gasteiger charge is -2.04. The monoisotopic (exact) mass is 424 g/mol. The van der Waals surface area contributed by atoms with Crippen molar-refractivity contribution in [1.82, 2.24) is 0 Å². The minimum Gasteiger partial charge on any atom is -0.496 e. The molecule has 0 aromatic heterocycles. The Morgan fingerprint density at radius 1 is 0.773 bits per heavy atom. The van der Waals surface area contributed by atoms with E-state index in [1.54, 1.807) is 26.6 Å². The zero-order valence-electron chi connectivity index (χ0n) is 12.1. The molecular weight excluding hydrogens is 412 g/mol. The summed E-state index contributed by atoms with van der Waals surface area (Å²) in [6, 6.07) is 11.4. The smallest absolute Gasteiger partial charge is 0.127 e. The van der Waals surface area contributed by atoms with Crippen LogP contribution in [0.1, 0.15) is 11.1 Å². The maximum atomic E-state index is 5.28. The maximum Gasteiger partial charge on any atom is 0.127 e. The zero-order valence-corrected chi connectivity index (χ0v) is 15.3. The number of ether oxygens (including phenoxy) is 2. The Morgan fingerprint density at radius 2 is 1.18 bits per heavy atom. The molecule has 0 aliphatic rings. The summed E-state index contributed by atoms with van der Waals surface area (Å²) in [4.78, 5) is 0. The Morgan fingerprint density at radius 3 is 1.55 bits per heavy atom. The van der Waals surface area contributed by atoms with E-state index in [9.17, 15) is 0 Å². The maximum absolute atomic E-state index is 5.28. The lowest BCUT2D eigenvalue weighted by molar-refractivity contribution is 0.414. The van der Waals surface area contributed by atoms with Crippen molar-refractivity contribution in [2.45, 2.75) is 0 Å². The Labute approximate surface area is 146 Å². The third-order valence-corrected chi connectivity index (χ3v) is 3.83. The molecule has 0 atom stereocenters. The summed E-state index contributed by atoms with van der Waals surface area (Å²) in [7, 11) is 3.24. The van der Waals surface area contributed by atoms with Gasteiger partial charge in [-0.3, -0.25) is 0 Å². The van der Waals surface area contributed by atoms with Gasteiger partial charge in [-0.25, -0.2) is 0 Å². The van der Waals surface area contributed by atoms with Crippen molar-refractivity contribution in [3.8, 4) is 11.5 Å². The number of benzene rings is 2. The first-order valence-corrected chi connectivity index (χ1v) is 7.96. The Balaban J connectivity index is 2.19. The molecule has 0 saturated carbocycles. The normalized spacial score (nSPS) is 11.3. The second-order valence-corrected chi connectivity index (χ2v) is 6.09. The topological polar surface area (TPSA) is 43.2 Å². The second-order valence-electron chi connectivity index (χ2n) is 4.26. The molecule has 0 aliphatic heterocycles. The lowest BCUT2D eigenvalue weighted by Crippen LogP contribution is -1.91. The van der Waals surface area contributed by atoms with Crippen molar-refractivity contribution in [3.63, 3.8) is 0 Å². The van der Waals surface area contributed by atoms with E-state index in [0.717, 1.165) is 31.6 Å². The van der Waals surface area contributed by atoms with E-state index in [-0.39, 0.29) is 0 Å². The highest BCUT2D eigenvalue weighted by Gasteiger charge is 2.01. The van der Waals surface area contributed by atoms with E-state index in [2.05, 4.69) is 42.1 Å². The van der Waals surface area contributed by atoms with E-state index >= 15 is 0 Å². The van der Waals surface area contributed by atoms with Gasteiger partial charge in [-0.05, 0) is 36.4 Å². The van der Waals surface area contributed by atoms with Crippen LogP contribution in [0, 0.1) is 0 Å². The first kappa shape index (κ1) is 16.7. The predicted molar refractivity (Wildman–Crippen MR) is 96.6 cm³/mol. The van der Waals surface area contributed by atoms with Crippen molar-refractivity contribution in [1.29, 1.82) is 0 Å². The van der Waals surface area contributed by atoms with Crippen LogP contribution < -0.4 is 9.47 Å². The molecule has 0 heterocycles. The van der Waals surface area contributed by atoms with Crippen LogP contribution in [0.3, 0.4) is 0 Å². The highest BCUT2D eigenvalue weighted by Crippen LogP contribution is 2.22. The fraction of sp³-hybridized carbons (Fsp3) is 0.125. The standard InChI is InChI=1S/C16H14Br2N2O2/c1-21-15-5-3-13(17)7-11(15)9-19-20-10-12-8-14(18)4-6-16(12)22-2/h3-10H,1-2H3/b19-9-,20-10-. The van der Waals surface area contributed by atoms with Crippen LogP contribution >= 0.6 is 31.9 Å². The third-order valence-electron chi connectivity index (χ3n) is 2.84. The summed E-state index contributed by atoms with van der Waals surface area (Å²) >= 11 is 6.84. The second kappa shape index (κ2) is 8.10. The lowest BCUT2D eigenvalue weighted by atomic mass is 10.2. The summed E-state index contributed by atoms with van der Waals surface area (Å²) < 4.78 is 12.5. The number of rotatable bonds is 5. The molecule has 0 radical (unpaired) electrons. The molecule has 0 bridgehead atoms. The molecule has 2 aromatic carbocycles. The molecule has 114 valence electrons. The first-order chi connectivity index (χ1) is 10.6. The van der Waals surface area contributed by atoms with Crippen LogP contribution in [0.2, 0.25) is 0 Å². The minimum absolute atomic E-state index is 0.738. The van der Waals surface area contributed by atoms with Crippen molar-refractivity contribution in [2.24, 2.45) is 10.2 Å². The largest absolute Gasteiger partial charge is 0.496 e. The number of methoxy groups -OCH3 is 2. The van der Waals surface area contributed by atoms with Gasteiger partial charge >= 0.3 is 0 Å². The quantitative estimate of drug-likeness (QED) is 0.515. The Hall–Kier alpha value is -1.66. The van der Waals surface area contributed by atoms with Gasteiger partial charge < -0.3 is 9.47 Å². The predicted octanol–water partition coefficient (Wildman–Crippen LogP) is 4.68. The van der Waals surface area contributed by atoms with Crippen LogP contribution in [-0.4, -0.2) is 26.6 Å². The van der Waals surface area contributed by atoms with Crippen molar-refractivity contribution in [3.05, 3.63) is 56.5 Å². The average molecular weight is 426 g/mol. The van der Waals surface area contributed by atoms with Gasteiger partial charge in [0.15, 0.2) is 0 Å². The van der Waals surface area contributed by atoms with Gasteiger partial charge in [-0.15, -0.1) is 0 Å². The van der Waals surface area contributed by atoms with Gasteiger partial charge in [0.05, 0.1) is 26.6 Å². The molecule has 0 spiro atoms. The van der Waals surface area contributed by atoms with E-state index < -0.39 is 0 Å². The summed E-state index contributed by atoms with van der Waals surface area (Å²) in [5, 5.41) is 8.13. The van der Waals surface area contributed by atoms with Crippen LogP contribution in [-0.2, 0) is 0 Å². The molecule has 6 heteroatoms. The summed E-state index contributed by atoms with van der Waals surface area (Å²) in [5.74, 6) is 1.48. The molecule has 4 nitrogen and oxygen atoms in total. The van der Waals surface area contributed by atoms with Gasteiger partial charge in [0.25, 0.3) is 0 Å². The fourth-order valence-electron chi connectivity index (χ4n) is 1.80. The Bertz CT molecular complexity index is 654. The minimum atomic E-state index is 0.738. The molecule has 0 aliphatic carbocycles. The number of hydrogen-bond donors (Lipinski definition) is 0. The molecule has 0 amide bonds. The number of nitrogens with zero attached hydrogens (tertiary/aromatic N) is 2. The van der Waals surface area contributed by atoms with Gasteiger partial charge in [0.1, 0.15) is 11.5 Å². The van der Waals surface area contributed by atoms with Crippen LogP contribution in [0.15, 0.2) is 55.5 Å². The molecule has 0 N–H and O–H groups in total. The molecule has 22 heavy (non-hydrogen) atoms. The van der Waals surface area contributed by atoms with Crippen LogP contribution in [0.4, 0.5) is 0 Å². The van der Waals surface area contributed by atoms with Crippen LogP contribution in [0.5, 0.6) is 11.5 Å². The van der Waals surface area contributed by atoms with Gasteiger partial charge in [-0.2, -0.15) is 10.2 Å². The van der Waals surface area contributed by atoms with Crippen LogP contribution in [0.25, 0.3) is 0 Å². The molecule has 2 aromatic rings. The summed E-state index contributed by atoms with van der Waals surface area (Å²) in [6.07, 6.45) is 3.29. The van der Waals surface area contributed by atoms with E-state index in [1.807, 2.05) is 36.4 Å². The highest BCUT2D eigenvalue weighted by atomic mass is 79.9. The highest BCUT2D eigenvalue weighted by molar-refractivity contribution is 9.10. The fourth-order valence-corrected chi connectivity index (χ4v) is 2.56. The number of hydrogen-bond acceptors (Lipinski definition) is 4. The van der Waals surface area contributed by atoms with Crippen molar-refractivity contribution < 1.29 is 9.47 Å². The Kier molecular flexibility index (Phi) is 6.15. The van der Waals surface area contributed by atoms with Gasteiger partial charge in [0, 0.05) is 20.1 Å². The summed E-state index contributed by atoms with van der Waals surface area (Å²) in [5.41, 5.74) is 1.69. The van der Waals surface area contributed by atoms with E-state index in [4.69, 9.17) is 9.47 Å². The van der Waals surface area contributed by atoms with Gasteiger partial charge in [-0.1, -0.05) is 31.9 Å². The van der Waals surface area contributed by atoms with Crippen molar-refractivity contribution in [2.75, 3.05) is 14.2 Å². The third kappa shape index (κ3) is 4.42. The number of halogens is 2. The van der Waals surface area contributed by atoms with E-state index in [1.165, 1.54) is 0 Å². The molecular formula is C16H14Br2N2O2. The summed E-state index contributed by atoms with van der Waals surface area (Å²) in [6.45, 7) is 0.